The molecule has 0 radical (unpaired) electrons. The molecule has 25 heavy (non-hydrogen) atoms. The smallest absolute Gasteiger partial charge is 0.235 e. The van der Waals surface area contributed by atoms with Gasteiger partial charge in [0.2, 0.25) is 4.96 Å². The van der Waals surface area contributed by atoms with Gasteiger partial charge >= 0.3 is 0 Å². The normalized spacial score (nSPS) is 11.1. The second-order valence-corrected chi connectivity index (χ2v) is 6.54. The van der Waals surface area contributed by atoms with E-state index in [1.807, 2.05) is 12.1 Å². The fraction of sp³-hybridized carbons (Fsp3) is 0.222. The molecule has 0 N–H and O–H groups in total. The first-order valence-electron chi connectivity index (χ1n) is 8.28. The number of hydrogen-bond acceptors (Lipinski definition) is 6. The molecule has 1 aromatic carbocycles. The van der Waals surface area contributed by atoms with Crippen LogP contribution in [0.25, 0.3) is 26.9 Å². The van der Waals surface area contributed by atoms with Gasteiger partial charge in [0.25, 0.3) is 0 Å². The molecule has 0 saturated carbocycles. The third-order valence-electron chi connectivity index (χ3n) is 4.17. The number of fused-ring (bicyclic) bond motifs is 1. The minimum absolute atomic E-state index is 0.736. The van der Waals surface area contributed by atoms with Crippen LogP contribution in [0.2, 0.25) is 0 Å². The Morgan fingerprint density at radius 1 is 0.920 bits per heavy atom. The summed E-state index contributed by atoms with van der Waals surface area (Å²) in [6, 6.07) is 12.3. The van der Waals surface area contributed by atoms with Crippen LogP contribution >= 0.6 is 11.3 Å². The van der Waals surface area contributed by atoms with Crippen molar-refractivity contribution in [2.45, 2.75) is 13.8 Å². The molecular formula is C18H18N6S. The molecule has 126 valence electrons. The van der Waals surface area contributed by atoms with Gasteiger partial charge in [0, 0.05) is 42.3 Å². The second kappa shape index (κ2) is 6.60. The van der Waals surface area contributed by atoms with E-state index in [2.05, 4.69) is 58.2 Å². The lowest BCUT2D eigenvalue weighted by molar-refractivity contribution is 0.866. The average Bonchev–Trinajstić information content (AvgIpc) is 3.25. The molecule has 6 nitrogen and oxygen atoms in total. The Morgan fingerprint density at radius 2 is 1.64 bits per heavy atom. The largest absolute Gasteiger partial charge is 0.372 e. The molecule has 0 fully saturated rings. The summed E-state index contributed by atoms with van der Waals surface area (Å²) in [5.41, 5.74) is 3.28. The molecule has 7 heteroatoms. The lowest BCUT2D eigenvalue weighted by Crippen LogP contribution is -2.21. The van der Waals surface area contributed by atoms with E-state index < -0.39 is 0 Å². The van der Waals surface area contributed by atoms with Gasteiger partial charge in [0.1, 0.15) is 5.01 Å². The highest BCUT2D eigenvalue weighted by atomic mass is 32.1. The highest BCUT2D eigenvalue weighted by Crippen LogP contribution is 2.29. The standard InChI is InChI=1S/C18H18N6S/c1-3-23(4-2)15-7-5-14(6-8-15)17-22-24-16(20-21-18(24)25-17)13-9-11-19-12-10-13/h5-12H,3-4H2,1-2H3. The molecule has 4 rings (SSSR count). The molecule has 0 unspecified atom stereocenters. The Labute approximate surface area is 149 Å². The molecule has 0 atom stereocenters. The maximum atomic E-state index is 4.71. The van der Waals surface area contributed by atoms with Gasteiger partial charge in [-0.15, -0.1) is 10.2 Å². The number of rotatable bonds is 5. The number of nitrogens with zero attached hydrogens (tertiary/aromatic N) is 6. The van der Waals surface area contributed by atoms with Gasteiger partial charge in [0.15, 0.2) is 5.82 Å². The number of hydrogen-bond donors (Lipinski definition) is 0. The molecule has 0 aliphatic carbocycles. The Bertz CT molecular complexity index is 970. The summed E-state index contributed by atoms with van der Waals surface area (Å²) in [5.74, 6) is 0.736. The molecule has 0 aliphatic rings. The van der Waals surface area contributed by atoms with Gasteiger partial charge < -0.3 is 4.90 Å². The van der Waals surface area contributed by atoms with Gasteiger partial charge in [-0.2, -0.15) is 9.61 Å². The summed E-state index contributed by atoms with van der Waals surface area (Å²) in [4.78, 5) is 7.16. The van der Waals surface area contributed by atoms with Gasteiger partial charge in [-0.3, -0.25) is 4.98 Å². The Balaban J connectivity index is 1.70. The highest BCUT2D eigenvalue weighted by molar-refractivity contribution is 7.19. The van der Waals surface area contributed by atoms with Crippen LogP contribution < -0.4 is 4.90 Å². The summed E-state index contributed by atoms with van der Waals surface area (Å²) >= 11 is 1.54. The van der Waals surface area contributed by atoms with Crippen LogP contribution in [0.1, 0.15) is 13.8 Å². The quantitative estimate of drug-likeness (QED) is 0.548. The SMILES string of the molecule is CCN(CC)c1ccc(-c2nn3c(-c4ccncc4)nnc3s2)cc1. The summed E-state index contributed by atoms with van der Waals surface area (Å²) in [5, 5.41) is 14.1. The maximum absolute atomic E-state index is 4.71. The molecule has 0 amide bonds. The average molecular weight is 350 g/mol. The van der Waals surface area contributed by atoms with Crippen molar-refractivity contribution in [2.75, 3.05) is 18.0 Å². The van der Waals surface area contributed by atoms with Crippen molar-refractivity contribution in [2.24, 2.45) is 0 Å². The van der Waals surface area contributed by atoms with Crippen molar-refractivity contribution in [3.8, 4) is 22.0 Å². The van der Waals surface area contributed by atoms with Crippen LogP contribution in [0.5, 0.6) is 0 Å². The summed E-state index contributed by atoms with van der Waals surface area (Å²) in [7, 11) is 0. The summed E-state index contributed by atoms with van der Waals surface area (Å²) in [6.07, 6.45) is 3.49. The predicted octanol–water partition coefficient (Wildman–Crippen LogP) is 3.76. The lowest BCUT2D eigenvalue weighted by atomic mass is 10.2. The zero-order chi connectivity index (χ0) is 17.2. The summed E-state index contributed by atoms with van der Waals surface area (Å²) in [6.45, 7) is 6.34. The maximum Gasteiger partial charge on any atom is 0.235 e. The Morgan fingerprint density at radius 3 is 2.32 bits per heavy atom. The number of pyridine rings is 1. The first-order chi connectivity index (χ1) is 12.3. The lowest BCUT2D eigenvalue weighted by Gasteiger charge is -2.20. The van der Waals surface area contributed by atoms with E-state index in [4.69, 9.17) is 5.10 Å². The highest BCUT2D eigenvalue weighted by Gasteiger charge is 2.14. The topological polar surface area (TPSA) is 59.2 Å². The number of benzene rings is 1. The predicted molar refractivity (Wildman–Crippen MR) is 101 cm³/mol. The molecule has 4 aromatic rings. The van der Waals surface area contributed by atoms with Crippen molar-refractivity contribution in [1.29, 1.82) is 0 Å². The molecule has 0 saturated heterocycles. The van der Waals surface area contributed by atoms with Gasteiger partial charge in [-0.05, 0) is 50.2 Å². The van der Waals surface area contributed by atoms with Crippen LogP contribution in [0, 0.1) is 0 Å². The van der Waals surface area contributed by atoms with Gasteiger partial charge in [-0.1, -0.05) is 11.3 Å². The molecule has 0 bridgehead atoms. The fourth-order valence-electron chi connectivity index (χ4n) is 2.82. The van der Waals surface area contributed by atoms with E-state index in [-0.39, 0.29) is 0 Å². The van der Waals surface area contributed by atoms with Crippen LogP contribution in [0.15, 0.2) is 48.8 Å². The van der Waals surface area contributed by atoms with Crippen molar-refractivity contribution in [3.05, 3.63) is 48.8 Å². The monoisotopic (exact) mass is 350 g/mol. The Kier molecular flexibility index (Phi) is 4.15. The van der Waals surface area contributed by atoms with Crippen LogP contribution in [-0.4, -0.2) is 37.9 Å². The molecular weight excluding hydrogens is 332 g/mol. The van der Waals surface area contributed by atoms with E-state index in [9.17, 15) is 0 Å². The van der Waals surface area contributed by atoms with E-state index in [1.54, 1.807) is 28.2 Å². The molecule has 3 aromatic heterocycles. The number of anilines is 1. The first-order valence-corrected chi connectivity index (χ1v) is 9.09. The fourth-order valence-corrected chi connectivity index (χ4v) is 3.66. The summed E-state index contributed by atoms with van der Waals surface area (Å²) < 4.78 is 1.80. The molecule has 0 spiro atoms. The zero-order valence-electron chi connectivity index (χ0n) is 14.1. The van der Waals surface area contributed by atoms with Crippen LogP contribution in [0.4, 0.5) is 5.69 Å². The Hall–Kier alpha value is -2.80. The van der Waals surface area contributed by atoms with Gasteiger partial charge in [0.05, 0.1) is 0 Å². The first kappa shape index (κ1) is 15.7. The third kappa shape index (κ3) is 2.87. The van der Waals surface area contributed by atoms with Crippen molar-refractivity contribution in [1.82, 2.24) is 24.8 Å². The number of aromatic nitrogens is 5. The van der Waals surface area contributed by atoms with Crippen molar-refractivity contribution >= 4 is 22.0 Å². The van der Waals surface area contributed by atoms with Crippen molar-refractivity contribution in [3.63, 3.8) is 0 Å². The van der Waals surface area contributed by atoms with E-state index in [1.165, 1.54) is 5.69 Å². The molecule has 3 heterocycles. The minimum atomic E-state index is 0.736. The van der Waals surface area contributed by atoms with E-state index >= 15 is 0 Å². The van der Waals surface area contributed by atoms with Crippen LogP contribution in [-0.2, 0) is 0 Å². The van der Waals surface area contributed by atoms with E-state index in [0.717, 1.165) is 40.0 Å². The van der Waals surface area contributed by atoms with Crippen molar-refractivity contribution < 1.29 is 0 Å². The van der Waals surface area contributed by atoms with Gasteiger partial charge in [-0.25, -0.2) is 0 Å². The third-order valence-corrected chi connectivity index (χ3v) is 5.12. The van der Waals surface area contributed by atoms with E-state index in [0.29, 0.717) is 0 Å². The molecule has 0 aliphatic heterocycles. The zero-order valence-corrected chi connectivity index (χ0v) is 14.9. The second-order valence-electron chi connectivity index (χ2n) is 5.58. The minimum Gasteiger partial charge on any atom is -0.372 e. The van der Waals surface area contributed by atoms with Crippen LogP contribution in [0.3, 0.4) is 0 Å².